The molecular formula is C17H26N2O. The number of nitrogen functional groups attached to an aromatic ring is 1. The number of nitrogens with two attached hydrogens (primary N) is 1. The Bertz CT molecular complexity index is 458. The molecular weight excluding hydrogens is 248 g/mol. The maximum Gasteiger partial charge on any atom is 0.119 e. The first kappa shape index (κ1) is 13.7. The van der Waals surface area contributed by atoms with Gasteiger partial charge in [-0.3, -0.25) is 4.90 Å². The Morgan fingerprint density at radius 1 is 1.20 bits per heavy atom. The number of ether oxygens (including phenoxy) is 1. The third-order valence-corrected chi connectivity index (χ3v) is 5.08. The van der Waals surface area contributed by atoms with Gasteiger partial charge in [0.1, 0.15) is 5.75 Å². The molecule has 1 heterocycles. The number of hydrogen-bond acceptors (Lipinski definition) is 3. The first-order valence-corrected chi connectivity index (χ1v) is 7.94. The lowest BCUT2D eigenvalue weighted by Gasteiger charge is -2.44. The normalized spacial score (nSPS) is 27.1. The lowest BCUT2D eigenvalue weighted by Crippen LogP contribution is -2.46. The van der Waals surface area contributed by atoms with Crippen molar-refractivity contribution in [2.45, 2.75) is 51.1 Å². The molecule has 3 heteroatoms. The summed E-state index contributed by atoms with van der Waals surface area (Å²) in [5.41, 5.74) is 8.26. The summed E-state index contributed by atoms with van der Waals surface area (Å²) in [5, 5.41) is 0. The van der Waals surface area contributed by atoms with Crippen LogP contribution in [0.1, 0.15) is 44.1 Å². The highest BCUT2D eigenvalue weighted by atomic mass is 16.5. The second-order valence-corrected chi connectivity index (χ2v) is 6.29. The van der Waals surface area contributed by atoms with Gasteiger partial charge < -0.3 is 10.5 Å². The molecule has 1 aromatic carbocycles. The Balaban J connectivity index is 1.75. The van der Waals surface area contributed by atoms with Crippen LogP contribution in [0.4, 0.5) is 5.69 Å². The molecule has 0 aromatic heterocycles. The van der Waals surface area contributed by atoms with Crippen LogP contribution in [0.3, 0.4) is 0 Å². The molecule has 0 bridgehead atoms. The number of anilines is 1. The van der Waals surface area contributed by atoms with Crippen molar-refractivity contribution in [3.63, 3.8) is 0 Å². The quantitative estimate of drug-likeness (QED) is 0.858. The van der Waals surface area contributed by atoms with Crippen LogP contribution in [-0.2, 0) is 6.54 Å². The van der Waals surface area contributed by atoms with E-state index < -0.39 is 0 Å². The van der Waals surface area contributed by atoms with Crippen molar-refractivity contribution in [3.05, 3.63) is 23.8 Å². The van der Waals surface area contributed by atoms with Crippen LogP contribution in [0, 0.1) is 5.92 Å². The van der Waals surface area contributed by atoms with Crippen molar-refractivity contribution >= 4 is 5.69 Å². The number of nitrogens with zero attached hydrogens (tertiary/aromatic N) is 1. The Kier molecular flexibility index (Phi) is 4.16. The third kappa shape index (κ3) is 2.78. The topological polar surface area (TPSA) is 38.5 Å². The van der Waals surface area contributed by atoms with Gasteiger partial charge in [-0.25, -0.2) is 0 Å². The summed E-state index contributed by atoms with van der Waals surface area (Å²) in [7, 11) is 1.72. The summed E-state index contributed by atoms with van der Waals surface area (Å²) in [6.45, 7) is 2.20. The molecule has 1 saturated heterocycles. The fourth-order valence-corrected chi connectivity index (χ4v) is 3.99. The Morgan fingerprint density at radius 3 is 2.85 bits per heavy atom. The number of rotatable bonds is 3. The van der Waals surface area contributed by atoms with Gasteiger partial charge in [0, 0.05) is 18.3 Å². The molecule has 3 rings (SSSR count). The monoisotopic (exact) mass is 274 g/mol. The Labute approximate surface area is 122 Å². The average molecular weight is 274 g/mol. The highest BCUT2D eigenvalue weighted by Gasteiger charge is 2.33. The van der Waals surface area contributed by atoms with Gasteiger partial charge in [-0.2, -0.15) is 0 Å². The van der Waals surface area contributed by atoms with Crippen molar-refractivity contribution in [1.82, 2.24) is 4.90 Å². The number of likely N-dealkylation sites (tertiary alicyclic amines) is 1. The van der Waals surface area contributed by atoms with E-state index in [0.29, 0.717) is 0 Å². The van der Waals surface area contributed by atoms with Crippen molar-refractivity contribution in [2.75, 3.05) is 19.4 Å². The number of piperidine rings is 1. The minimum Gasteiger partial charge on any atom is -0.497 e. The van der Waals surface area contributed by atoms with Gasteiger partial charge in [0.05, 0.1) is 7.11 Å². The van der Waals surface area contributed by atoms with E-state index in [9.17, 15) is 0 Å². The predicted molar refractivity (Wildman–Crippen MR) is 82.8 cm³/mol. The molecule has 110 valence electrons. The standard InChI is InChI=1S/C17H26N2O/c1-20-15-8-9-16(18)14(11-15)12-19-10-4-6-13-5-2-3-7-17(13)19/h8-9,11,13,17H,2-7,10,12,18H2,1H3. The summed E-state index contributed by atoms with van der Waals surface area (Å²) >= 11 is 0. The van der Waals surface area contributed by atoms with E-state index in [0.717, 1.165) is 29.9 Å². The molecule has 1 aliphatic heterocycles. The Hall–Kier alpha value is -1.22. The van der Waals surface area contributed by atoms with E-state index in [1.54, 1.807) is 7.11 Å². The smallest absolute Gasteiger partial charge is 0.119 e. The molecule has 2 fully saturated rings. The molecule has 1 aromatic rings. The minimum atomic E-state index is 0.781. The lowest BCUT2D eigenvalue weighted by molar-refractivity contribution is 0.0548. The molecule has 0 spiro atoms. The molecule has 0 amide bonds. The van der Waals surface area contributed by atoms with E-state index in [2.05, 4.69) is 11.0 Å². The molecule has 2 N–H and O–H groups in total. The number of benzene rings is 1. The average Bonchev–Trinajstić information content (AvgIpc) is 2.50. The third-order valence-electron chi connectivity index (χ3n) is 5.08. The van der Waals surface area contributed by atoms with E-state index in [1.807, 2.05) is 12.1 Å². The highest BCUT2D eigenvalue weighted by Crippen LogP contribution is 2.36. The maximum absolute atomic E-state index is 6.15. The van der Waals surface area contributed by atoms with Gasteiger partial charge in [-0.1, -0.05) is 12.8 Å². The summed E-state index contributed by atoms with van der Waals surface area (Å²) in [6.07, 6.45) is 8.38. The minimum absolute atomic E-state index is 0.781. The predicted octanol–water partition coefficient (Wildman–Crippen LogP) is 3.43. The number of methoxy groups -OCH3 is 1. The zero-order chi connectivity index (χ0) is 13.9. The van der Waals surface area contributed by atoms with Crippen LogP contribution in [0.25, 0.3) is 0 Å². The van der Waals surface area contributed by atoms with Crippen LogP contribution in [-0.4, -0.2) is 24.6 Å². The van der Waals surface area contributed by atoms with Gasteiger partial charge in [-0.05, 0) is 61.9 Å². The van der Waals surface area contributed by atoms with Gasteiger partial charge in [-0.15, -0.1) is 0 Å². The summed E-state index contributed by atoms with van der Waals surface area (Å²) in [6, 6.07) is 6.79. The fourth-order valence-electron chi connectivity index (χ4n) is 3.99. The van der Waals surface area contributed by atoms with Gasteiger partial charge in [0.2, 0.25) is 0 Å². The molecule has 2 aliphatic rings. The molecule has 1 saturated carbocycles. The zero-order valence-corrected chi connectivity index (χ0v) is 12.5. The van der Waals surface area contributed by atoms with Crippen LogP contribution in [0.5, 0.6) is 5.75 Å². The molecule has 20 heavy (non-hydrogen) atoms. The molecule has 1 aliphatic carbocycles. The largest absolute Gasteiger partial charge is 0.497 e. The summed E-state index contributed by atoms with van der Waals surface area (Å²) in [4.78, 5) is 2.67. The molecule has 2 atom stereocenters. The maximum atomic E-state index is 6.15. The van der Waals surface area contributed by atoms with E-state index in [-0.39, 0.29) is 0 Å². The first-order chi connectivity index (χ1) is 9.78. The Morgan fingerprint density at radius 2 is 2.00 bits per heavy atom. The highest BCUT2D eigenvalue weighted by molar-refractivity contribution is 5.50. The van der Waals surface area contributed by atoms with Crippen molar-refractivity contribution in [1.29, 1.82) is 0 Å². The van der Waals surface area contributed by atoms with Crippen molar-refractivity contribution < 1.29 is 4.74 Å². The number of fused-ring (bicyclic) bond motifs is 1. The van der Waals surface area contributed by atoms with Crippen molar-refractivity contribution in [3.8, 4) is 5.75 Å². The number of hydrogen-bond donors (Lipinski definition) is 1. The van der Waals surface area contributed by atoms with Gasteiger partial charge in [0.25, 0.3) is 0 Å². The van der Waals surface area contributed by atoms with Gasteiger partial charge in [0.15, 0.2) is 0 Å². The second-order valence-electron chi connectivity index (χ2n) is 6.29. The summed E-state index contributed by atoms with van der Waals surface area (Å²) in [5.74, 6) is 1.83. The molecule has 0 radical (unpaired) electrons. The first-order valence-electron chi connectivity index (χ1n) is 7.94. The molecule has 2 unspecified atom stereocenters. The van der Waals surface area contributed by atoms with Crippen LogP contribution >= 0.6 is 0 Å². The van der Waals surface area contributed by atoms with Crippen molar-refractivity contribution in [2.24, 2.45) is 5.92 Å². The van der Waals surface area contributed by atoms with Crippen LogP contribution in [0.2, 0.25) is 0 Å². The zero-order valence-electron chi connectivity index (χ0n) is 12.5. The van der Waals surface area contributed by atoms with E-state index >= 15 is 0 Å². The van der Waals surface area contributed by atoms with E-state index in [4.69, 9.17) is 10.5 Å². The SMILES string of the molecule is COc1ccc(N)c(CN2CCCC3CCCCC32)c1. The van der Waals surface area contributed by atoms with Gasteiger partial charge >= 0.3 is 0 Å². The molecule has 3 nitrogen and oxygen atoms in total. The van der Waals surface area contributed by atoms with Crippen LogP contribution < -0.4 is 10.5 Å². The van der Waals surface area contributed by atoms with E-state index in [1.165, 1.54) is 50.6 Å². The van der Waals surface area contributed by atoms with Crippen LogP contribution in [0.15, 0.2) is 18.2 Å². The fraction of sp³-hybridized carbons (Fsp3) is 0.647. The second kappa shape index (κ2) is 6.04. The lowest BCUT2D eigenvalue weighted by atomic mass is 9.78. The summed E-state index contributed by atoms with van der Waals surface area (Å²) < 4.78 is 5.33.